The summed E-state index contributed by atoms with van der Waals surface area (Å²) in [6, 6.07) is 8.65. The first kappa shape index (κ1) is 30.9. The van der Waals surface area contributed by atoms with Gasteiger partial charge in [-0.25, -0.2) is 9.78 Å². The summed E-state index contributed by atoms with van der Waals surface area (Å²) in [6.45, 7) is 12.7. The largest absolute Gasteiger partial charge is 0.481 e. The number of rotatable bonds is 4. The van der Waals surface area contributed by atoms with Crippen molar-refractivity contribution in [2.75, 3.05) is 31.6 Å². The van der Waals surface area contributed by atoms with Gasteiger partial charge in [0.05, 0.1) is 7.11 Å². The van der Waals surface area contributed by atoms with Gasteiger partial charge in [0.25, 0.3) is 5.91 Å². The van der Waals surface area contributed by atoms with Crippen LogP contribution in [0.25, 0.3) is 0 Å². The molecule has 5 rings (SSSR count). The maximum absolute atomic E-state index is 13.7. The van der Waals surface area contributed by atoms with Crippen LogP contribution in [-0.2, 0) is 24.1 Å². The summed E-state index contributed by atoms with van der Waals surface area (Å²) in [5, 5.41) is 3.18. The summed E-state index contributed by atoms with van der Waals surface area (Å²) in [5.74, 6) is 0.508. The molecular weight excluding hydrogens is 540 g/mol. The van der Waals surface area contributed by atoms with Crippen molar-refractivity contribution in [1.82, 2.24) is 15.2 Å². The maximum Gasteiger partial charge on any atom is 0.410 e. The minimum atomic E-state index is -0.474. The Morgan fingerprint density at radius 1 is 1.16 bits per heavy atom. The van der Waals surface area contributed by atoms with Crippen molar-refractivity contribution in [2.45, 2.75) is 97.8 Å². The highest BCUT2D eigenvalue weighted by atomic mass is 16.6. The van der Waals surface area contributed by atoms with Crippen molar-refractivity contribution in [3.63, 3.8) is 0 Å². The Kier molecular flexibility index (Phi) is 9.04. The van der Waals surface area contributed by atoms with Gasteiger partial charge in [-0.2, -0.15) is 0 Å². The zero-order valence-corrected chi connectivity index (χ0v) is 26.8. The number of aryl methyl sites for hydroxylation is 2. The fraction of sp³-hybridized carbons (Fsp3) is 0.571. The molecule has 1 spiro atoms. The lowest BCUT2D eigenvalue weighted by atomic mass is 9.60. The van der Waals surface area contributed by atoms with Gasteiger partial charge < -0.3 is 24.6 Å². The van der Waals surface area contributed by atoms with E-state index >= 15 is 0 Å². The zero-order valence-electron chi connectivity index (χ0n) is 26.8. The number of ether oxygens (including phenoxy) is 2. The molecule has 3 aliphatic rings. The van der Waals surface area contributed by atoms with Crippen molar-refractivity contribution >= 4 is 17.7 Å². The van der Waals surface area contributed by atoms with Crippen LogP contribution in [0.1, 0.15) is 92.5 Å². The minimum Gasteiger partial charge on any atom is -0.481 e. The first-order valence-electron chi connectivity index (χ1n) is 15.9. The predicted octanol–water partition coefficient (Wildman–Crippen LogP) is 6.38. The van der Waals surface area contributed by atoms with Gasteiger partial charge in [0, 0.05) is 54.7 Å². The van der Waals surface area contributed by atoms with Gasteiger partial charge in [-0.1, -0.05) is 18.2 Å². The number of allylic oxidation sites excluding steroid dienone is 2. The second kappa shape index (κ2) is 12.6. The third kappa shape index (κ3) is 6.84. The minimum absolute atomic E-state index is 0.0740. The van der Waals surface area contributed by atoms with Crippen molar-refractivity contribution in [3.8, 4) is 5.88 Å². The molecule has 2 fully saturated rings. The Labute approximate surface area is 256 Å². The number of nitrogens with one attached hydrogen (secondary N) is 1. The van der Waals surface area contributed by atoms with Crippen molar-refractivity contribution in [3.05, 3.63) is 64.4 Å². The Balaban J connectivity index is 1.32. The number of fused-ring (bicyclic) bond motifs is 2. The van der Waals surface area contributed by atoms with Gasteiger partial charge in [0.2, 0.25) is 5.88 Å². The van der Waals surface area contributed by atoms with E-state index in [4.69, 9.17) is 9.47 Å². The van der Waals surface area contributed by atoms with E-state index in [-0.39, 0.29) is 17.4 Å². The van der Waals surface area contributed by atoms with Crippen molar-refractivity contribution < 1.29 is 19.1 Å². The van der Waals surface area contributed by atoms with E-state index in [0.29, 0.717) is 24.9 Å². The molecule has 1 saturated heterocycles. The van der Waals surface area contributed by atoms with Crippen LogP contribution in [0.5, 0.6) is 5.88 Å². The Morgan fingerprint density at radius 3 is 2.58 bits per heavy atom. The number of hydrogen-bond acceptors (Lipinski definition) is 6. The van der Waals surface area contributed by atoms with Gasteiger partial charge >= 0.3 is 6.09 Å². The van der Waals surface area contributed by atoms with Crippen LogP contribution < -0.4 is 15.0 Å². The molecule has 1 aromatic heterocycles. The molecule has 1 N–H and O–H groups in total. The van der Waals surface area contributed by atoms with E-state index in [2.05, 4.69) is 46.4 Å². The summed E-state index contributed by atoms with van der Waals surface area (Å²) in [5.41, 5.74) is 5.78. The van der Waals surface area contributed by atoms with E-state index < -0.39 is 5.60 Å². The molecule has 0 unspecified atom stereocenters. The van der Waals surface area contributed by atoms with Crippen LogP contribution in [0, 0.1) is 12.3 Å². The second-order valence-corrected chi connectivity index (χ2v) is 13.4. The molecule has 8 nitrogen and oxygen atoms in total. The molecule has 1 saturated carbocycles. The highest BCUT2D eigenvalue weighted by Gasteiger charge is 2.48. The molecule has 1 aromatic carbocycles. The average molecular weight is 589 g/mol. The third-order valence-corrected chi connectivity index (χ3v) is 9.29. The van der Waals surface area contributed by atoms with Crippen LogP contribution in [0.4, 0.5) is 10.5 Å². The lowest BCUT2D eigenvalue weighted by Gasteiger charge is -2.55. The zero-order chi connectivity index (χ0) is 30.8. The molecule has 2 amide bonds. The lowest BCUT2D eigenvalue weighted by molar-refractivity contribution is -0.0119. The van der Waals surface area contributed by atoms with Gasteiger partial charge in [-0.3, -0.25) is 4.79 Å². The molecule has 8 heteroatoms. The van der Waals surface area contributed by atoms with E-state index in [9.17, 15) is 9.59 Å². The molecule has 0 radical (unpaired) electrons. The first-order chi connectivity index (χ1) is 20.5. The van der Waals surface area contributed by atoms with Crippen LogP contribution in [0.3, 0.4) is 0 Å². The van der Waals surface area contributed by atoms with Gasteiger partial charge in [0.15, 0.2) is 0 Å². The van der Waals surface area contributed by atoms with Crippen LogP contribution in [-0.4, -0.2) is 60.3 Å². The van der Waals surface area contributed by atoms with E-state index in [1.807, 2.05) is 44.7 Å². The number of carbonyl (C=O) groups is 2. The van der Waals surface area contributed by atoms with Gasteiger partial charge in [-0.05, 0) is 114 Å². The number of aromatic nitrogens is 1. The van der Waals surface area contributed by atoms with Crippen LogP contribution >= 0.6 is 0 Å². The summed E-state index contributed by atoms with van der Waals surface area (Å²) in [7, 11) is 1.63. The molecular formula is C35H48N4O4. The highest BCUT2D eigenvalue weighted by Crippen LogP contribution is 2.52. The number of likely N-dealkylation sites (tertiary alicyclic amines) is 1. The maximum atomic E-state index is 13.7. The Morgan fingerprint density at radius 2 is 1.91 bits per heavy atom. The van der Waals surface area contributed by atoms with Crippen LogP contribution in [0.2, 0.25) is 0 Å². The van der Waals surface area contributed by atoms with E-state index in [1.54, 1.807) is 7.11 Å². The molecule has 1 aliphatic carbocycles. The summed E-state index contributed by atoms with van der Waals surface area (Å²) in [4.78, 5) is 35.2. The molecule has 3 heterocycles. The number of nitrogens with zero attached hydrogens (tertiary/aromatic N) is 3. The topological polar surface area (TPSA) is 84.0 Å². The average Bonchev–Trinajstić information content (AvgIpc) is 2.94. The number of methoxy groups -OCH3 is 1. The molecule has 2 aliphatic heterocycles. The number of pyridine rings is 1. The standard InChI is InChI=1S/C35H48N4O4/c1-7-39(26-21-35(22-26)16-18-38(19-17-35)33(41)43-34(3,4)5)30-15-11-14-28-27(30)13-10-8-9-12-25-20-24(2)37-32(42-6)29(25)23-36-31(28)40/h8,10-11,14-15,20,26H,7,9,12-13,16-19,21-23H2,1-6H3,(H,36,40)/b10-8+. The Bertz CT molecular complexity index is 1360. The predicted molar refractivity (Wildman–Crippen MR) is 170 cm³/mol. The van der Waals surface area contributed by atoms with Crippen molar-refractivity contribution in [1.29, 1.82) is 0 Å². The molecule has 2 aromatic rings. The third-order valence-electron chi connectivity index (χ3n) is 9.29. The highest BCUT2D eigenvalue weighted by molar-refractivity contribution is 5.97. The molecule has 0 atom stereocenters. The number of benzene rings is 1. The lowest BCUT2D eigenvalue weighted by Crippen LogP contribution is -2.56. The molecule has 0 bridgehead atoms. The van der Waals surface area contributed by atoms with Crippen molar-refractivity contribution in [2.24, 2.45) is 5.41 Å². The SMILES string of the molecule is CCN(c1cccc2c1C/C=C/CCc1cc(C)nc(OC)c1CNC2=O)C1CC2(CCN(C(=O)OC(C)(C)C)CC2)C1. The van der Waals surface area contributed by atoms with E-state index in [0.717, 1.165) is 91.8 Å². The summed E-state index contributed by atoms with van der Waals surface area (Å²) < 4.78 is 11.2. The number of anilines is 1. The smallest absolute Gasteiger partial charge is 0.410 e. The van der Waals surface area contributed by atoms with Crippen LogP contribution in [0.15, 0.2) is 36.4 Å². The molecule has 43 heavy (non-hydrogen) atoms. The molecule has 232 valence electrons. The fourth-order valence-corrected chi connectivity index (χ4v) is 7.09. The summed E-state index contributed by atoms with van der Waals surface area (Å²) in [6.07, 6.45) is 11.0. The number of amides is 2. The monoisotopic (exact) mass is 588 g/mol. The number of carbonyl (C=O) groups excluding carboxylic acids is 2. The first-order valence-corrected chi connectivity index (χ1v) is 15.9. The second-order valence-electron chi connectivity index (χ2n) is 13.4. The number of hydrogen-bond donors (Lipinski definition) is 1. The Hall–Kier alpha value is -3.55. The summed E-state index contributed by atoms with van der Waals surface area (Å²) >= 11 is 0. The number of piperidine rings is 1. The van der Waals surface area contributed by atoms with Gasteiger partial charge in [0.1, 0.15) is 5.60 Å². The fourth-order valence-electron chi connectivity index (χ4n) is 7.09. The van der Waals surface area contributed by atoms with Gasteiger partial charge in [-0.15, -0.1) is 0 Å². The van der Waals surface area contributed by atoms with E-state index in [1.165, 1.54) is 0 Å². The normalized spacial score (nSPS) is 19.6. The quantitative estimate of drug-likeness (QED) is 0.418.